The van der Waals surface area contributed by atoms with Crippen molar-refractivity contribution in [2.24, 2.45) is 0 Å². The zero-order chi connectivity index (χ0) is 24.0. The Balaban J connectivity index is 1.37. The second-order valence-corrected chi connectivity index (χ2v) is 8.23. The molecule has 174 valence electrons. The van der Waals surface area contributed by atoms with E-state index in [0.717, 1.165) is 0 Å². The monoisotopic (exact) mass is 462 g/mol. The average molecular weight is 462 g/mol. The van der Waals surface area contributed by atoms with Gasteiger partial charge in [0.1, 0.15) is 17.4 Å². The van der Waals surface area contributed by atoms with Crippen LogP contribution >= 0.6 is 0 Å². The Hall–Kier alpha value is -3.70. The number of hydrogen-bond acceptors (Lipinski definition) is 5. The maximum atomic E-state index is 13.3. The van der Waals surface area contributed by atoms with Crippen LogP contribution in [0.1, 0.15) is 25.5 Å². The van der Waals surface area contributed by atoms with Crippen molar-refractivity contribution in [2.75, 3.05) is 22.6 Å². The predicted molar refractivity (Wildman–Crippen MR) is 116 cm³/mol. The molecule has 0 bridgehead atoms. The topological polar surface area (TPSA) is 102 Å². The van der Waals surface area contributed by atoms with E-state index in [1.54, 1.807) is 30.4 Å². The smallest absolute Gasteiger partial charge is 0.335 e. The van der Waals surface area contributed by atoms with E-state index in [1.165, 1.54) is 0 Å². The van der Waals surface area contributed by atoms with Crippen LogP contribution in [-0.4, -0.2) is 58.4 Å². The van der Waals surface area contributed by atoms with E-state index in [0.29, 0.717) is 48.1 Å². The molecule has 12 heteroatoms. The van der Waals surface area contributed by atoms with Gasteiger partial charge in [0, 0.05) is 50.5 Å². The highest BCUT2D eigenvalue weighted by molar-refractivity contribution is 6.03. The Labute approximate surface area is 187 Å². The number of benzene rings is 1. The highest BCUT2D eigenvalue weighted by atomic mass is 19.2. The normalized spacial score (nSPS) is 21.6. The van der Waals surface area contributed by atoms with Gasteiger partial charge in [0.25, 0.3) is 0 Å². The first-order chi connectivity index (χ1) is 15.5. The molecule has 1 aliphatic heterocycles. The first kappa shape index (κ1) is 22.5. The summed E-state index contributed by atoms with van der Waals surface area (Å²) >= 11 is 0. The highest BCUT2D eigenvalue weighted by Crippen LogP contribution is 2.34. The minimum atomic E-state index is -1.60. The van der Waals surface area contributed by atoms with Crippen LogP contribution in [0.3, 0.4) is 0 Å². The second-order valence-electron chi connectivity index (χ2n) is 8.23. The lowest BCUT2D eigenvalue weighted by molar-refractivity contribution is -0.501. The molecule has 1 saturated carbocycles. The van der Waals surface area contributed by atoms with E-state index in [-0.39, 0.29) is 29.7 Å². The number of nitrogens with one attached hydrogen (secondary N) is 3. The minimum absolute atomic E-state index is 0.0469. The number of aromatic nitrogens is 2. The van der Waals surface area contributed by atoms with Gasteiger partial charge in [0.2, 0.25) is 11.7 Å². The zero-order valence-electron chi connectivity index (χ0n) is 18.2. The average Bonchev–Trinajstić information content (AvgIpc) is 2.72. The van der Waals surface area contributed by atoms with Gasteiger partial charge in [0.15, 0.2) is 17.5 Å². The van der Waals surface area contributed by atoms with Crippen molar-refractivity contribution in [1.29, 1.82) is 0 Å². The first-order valence-corrected chi connectivity index (χ1v) is 10.3. The summed E-state index contributed by atoms with van der Waals surface area (Å²) in [5, 5.41) is 7.81. The van der Waals surface area contributed by atoms with Crippen LogP contribution in [0.2, 0.25) is 0 Å². The number of likely N-dealkylation sites (N-methyl/N-ethyl adjacent to an activating group) is 1. The van der Waals surface area contributed by atoms with Gasteiger partial charge in [-0.25, -0.2) is 22.5 Å². The Kier molecular flexibility index (Phi) is 5.68. The molecule has 9 nitrogen and oxygen atoms in total. The van der Waals surface area contributed by atoms with Crippen molar-refractivity contribution in [3.05, 3.63) is 35.3 Å². The van der Waals surface area contributed by atoms with E-state index < -0.39 is 23.5 Å². The van der Waals surface area contributed by atoms with Crippen LogP contribution in [0, 0.1) is 24.4 Å². The van der Waals surface area contributed by atoms with Crippen LogP contribution in [0.4, 0.5) is 41.1 Å². The van der Waals surface area contributed by atoms with Gasteiger partial charge >= 0.3 is 12.0 Å². The van der Waals surface area contributed by atoms with Crippen molar-refractivity contribution in [1.82, 2.24) is 15.3 Å². The number of halogens is 3. The standard InChI is InChI=1S/C21H22F3N7O2/c1-9-17-18(30(3)10(2)19(32)28-17)29-20(25-9)31(4)13-5-11(6-13)26-21(33)27-12-7-14(22)16(24)15(23)8-12/h7-8,10-11,13H,4-6H2,1-3H3,(H2-,26,27,28,32,33)/p+1/t10-,11?,13?/m0/s1. The third-order valence-electron chi connectivity index (χ3n) is 5.99. The molecular weight excluding hydrogens is 439 g/mol. The highest BCUT2D eigenvalue weighted by Gasteiger charge is 2.39. The SMILES string of the molecule is C=[N+](c1nc(C)c2c(n1)N(C)[C@@H](C)C(=O)N2)C1CC(NC(=O)Nc2cc(F)c(F)c(F)c2)C1. The molecule has 0 unspecified atom stereocenters. The van der Waals surface area contributed by atoms with Gasteiger partial charge in [-0.1, -0.05) is 4.98 Å². The van der Waals surface area contributed by atoms with E-state index in [4.69, 9.17) is 0 Å². The molecule has 1 atom stereocenters. The Morgan fingerprint density at radius 1 is 1.24 bits per heavy atom. The molecule has 1 aliphatic carbocycles. The Morgan fingerprint density at radius 2 is 1.88 bits per heavy atom. The number of carbonyl (C=O) groups is 2. The van der Waals surface area contributed by atoms with Gasteiger partial charge in [-0.3, -0.25) is 4.79 Å². The molecule has 0 spiro atoms. The fourth-order valence-corrected chi connectivity index (χ4v) is 3.76. The lowest BCUT2D eigenvalue weighted by atomic mass is 9.86. The summed E-state index contributed by atoms with van der Waals surface area (Å²) in [5.41, 5.74) is 0.987. The molecule has 1 fully saturated rings. The summed E-state index contributed by atoms with van der Waals surface area (Å²) in [5.74, 6) is -3.51. The number of fused-ring (bicyclic) bond motifs is 1. The van der Waals surface area contributed by atoms with E-state index >= 15 is 0 Å². The van der Waals surface area contributed by atoms with Crippen molar-refractivity contribution in [3.63, 3.8) is 0 Å². The largest absolute Gasteiger partial charge is 0.434 e. The van der Waals surface area contributed by atoms with Gasteiger partial charge < -0.3 is 20.9 Å². The molecule has 3 N–H and O–H groups in total. The number of rotatable bonds is 4. The quantitative estimate of drug-likeness (QED) is 0.368. The molecule has 2 aliphatic rings. The third kappa shape index (κ3) is 4.20. The Bertz CT molecular complexity index is 1140. The number of anilines is 3. The number of amides is 3. The van der Waals surface area contributed by atoms with Crippen LogP contribution < -0.4 is 20.9 Å². The van der Waals surface area contributed by atoms with Crippen molar-refractivity contribution >= 4 is 41.8 Å². The fraction of sp³-hybridized carbons (Fsp3) is 0.381. The number of nitrogens with zero attached hydrogens (tertiary/aromatic N) is 4. The maximum Gasteiger partial charge on any atom is 0.434 e. The van der Waals surface area contributed by atoms with Crippen LogP contribution in [-0.2, 0) is 4.79 Å². The zero-order valence-corrected chi connectivity index (χ0v) is 18.2. The Morgan fingerprint density at radius 3 is 2.52 bits per heavy atom. The molecule has 3 amide bonds. The van der Waals surface area contributed by atoms with Crippen molar-refractivity contribution in [3.8, 4) is 0 Å². The van der Waals surface area contributed by atoms with Crippen LogP contribution in [0.25, 0.3) is 0 Å². The summed E-state index contributed by atoms with van der Waals surface area (Å²) < 4.78 is 41.3. The van der Waals surface area contributed by atoms with Gasteiger partial charge in [-0.05, 0) is 18.8 Å². The van der Waals surface area contributed by atoms with Crippen molar-refractivity contribution in [2.45, 2.75) is 44.8 Å². The predicted octanol–water partition coefficient (Wildman–Crippen LogP) is 2.68. The third-order valence-corrected chi connectivity index (χ3v) is 5.99. The van der Waals surface area contributed by atoms with Gasteiger partial charge in [-0.15, -0.1) is 0 Å². The summed E-state index contributed by atoms with van der Waals surface area (Å²) in [6.07, 6.45) is 1.09. The molecule has 0 saturated heterocycles. The molecule has 33 heavy (non-hydrogen) atoms. The maximum absolute atomic E-state index is 13.3. The number of urea groups is 1. The molecule has 2 aromatic rings. The molecule has 0 radical (unpaired) electrons. The second kappa shape index (κ2) is 8.34. The summed E-state index contributed by atoms with van der Waals surface area (Å²) in [6.45, 7) is 7.60. The first-order valence-electron chi connectivity index (χ1n) is 10.3. The van der Waals surface area contributed by atoms with E-state index in [9.17, 15) is 22.8 Å². The molecule has 4 rings (SSSR count). The minimum Gasteiger partial charge on any atom is -0.335 e. The number of aryl methyl sites for hydroxylation is 1. The molecule has 1 aromatic heterocycles. The van der Waals surface area contributed by atoms with E-state index in [2.05, 4.69) is 32.6 Å². The lowest BCUT2D eigenvalue weighted by Gasteiger charge is -2.35. The lowest BCUT2D eigenvalue weighted by Crippen LogP contribution is -2.51. The summed E-state index contributed by atoms with van der Waals surface area (Å²) in [7, 11) is 1.78. The van der Waals surface area contributed by atoms with Gasteiger partial charge in [0.05, 0.1) is 6.04 Å². The number of carbonyl (C=O) groups excluding carboxylic acids is 2. The van der Waals surface area contributed by atoms with Crippen molar-refractivity contribution < 1.29 is 27.3 Å². The van der Waals surface area contributed by atoms with Gasteiger partial charge in [-0.2, -0.15) is 0 Å². The number of hydrogen-bond donors (Lipinski definition) is 3. The summed E-state index contributed by atoms with van der Waals surface area (Å²) in [6, 6.07) is 0.123. The van der Waals surface area contributed by atoms with Crippen LogP contribution in [0.5, 0.6) is 0 Å². The fourth-order valence-electron chi connectivity index (χ4n) is 3.76. The van der Waals surface area contributed by atoms with E-state index in [1.807, 2.05) is 0 Å². The van der Waals surface area contributed by atoms with Crippen LogP contribution in [0.15, 0.2) is 12.1 Å². The summed E-state index contributed by atoms with van der Waals surface area (Å²) in [4.78, 5) is 35.0. The molecule has 1 aromatic carbocycles. The molecular formula is C21H23F3N7O2+. The molecule has 2 heterocycles.